The van der Waals surface area contributed by atoms with Crippen LogP contribution in [-0.4, -0.2) is 41.9 Å². The van der Waals surface area contributed by atoms with E-state index in [-0.39, 0.29) is 11.8 Å². The molecule has 0 unspecified atom stereocenters. The fourth-order valence-electron chi connectivity index (χ4n) is 3.04. The van der Waals surface area contributed by atoms with Crippen LogP contribution in [0.4, 0.5) is 11.4 Å². The van der Waals surface area contributed by atoms with Crippen LogP contribution >= 0.6 is 0 Å². The number of piperidine rings is 1. The molecule has 2 aromatic rings. The van der Waals surface area contributed by atoms with Crippen LogP contribution in [0.1, 0.15) is 40.0 Å². The van der Waals surface area contributed by atoms with Gasteiger partial charge in [-0.3, -0.25) is 19.2 Å². The fourth-order valence-corrected chi connectivity index (χ4v) is 3.04. The second kappa shape index (κ2) is 9.01. The van der Waals surface area contributed by atoms with Crippen molar-refractivity contribution in [2.75, 3.05) is 23.3 Å². The Labute approximate surface area is 167 Å². The van der Waals surface area contributed by atoms with Crippen molar-refractivity contribution in [3.63, 3.8) is 0 Å². The summed E-state index contributed by atoms with van der Waals surface area (Å²) in [5.41, 5.74) is 2.02. The van der Waals surface area contributed by atoms with Crippen LogP contribution in [0.25, 0.3) is 0 Å². The van der Waals surface area contributed by atoms with Gasteiger partial charge in [0.1, 0.15) is 6.54 Å². The molecule has 0 atom stereocenters. The van der Waals surface area contributed by atoms with Gasteiger partial charge in [-0.25, -0.2) is 0 Å². The van der Waals surface area contributed by atoms with Gasteiger partial charge < -0.3 is 20.6 Å². The van der Waals surface area contributed by atoms with Crippen molar-refractivity contribution in [2.24, 2.45) is 0 Å². The Kier molecular flexibility index (Phi) is 6.23. The molecule has 2 aromatic carbocycles. The molecular formula is C21H21N3O5. The minimum atomic E-state index is -1.13. The molecule has 3 rings (SSSR count). The van der Waals surface area contributed by atoms with Crippen molar-refractivity contribution in [1.29, 1.82) is 0 Å². The van der Waals surface area contributed by atoms with E-state index in [1.54, 1.807) is 41.3 Å². The van der Waals surface area contributed by atoms with Crippen LogP contribution in [0.3, 0.4) is 0 Å². The average molecular weight is 395 g/mol. The first-order chi connectivity index (χ1) is 13.9. The quantitative estimate of drug-likeness (QED) is 0.694. The molecule has 1 aliphatic heterocycles. The van der Waals surface area contributed by atoms with Crippen molar-refractivity contribution in [3.8, 4) is 0 Å². The van der Waals surface area contributed by atoms with Crippen molar-refractivity contribution < 1.29 is 24.3 Å². The minimum absolute atomic E-state index is 0.0981. The number of carboxylic acid groups (broad SMARTS) is 1. The van der Waals surface area contributed by atoms with Gasteiger partial charge in [-0.15, -0.1) is 0 Å². The lowest BCUT2D eigenvalue weighted by Crippen LogP contribution is -2.35. The van der Waals surface area contributed by atoms with Gasteiger partial charge >= 0.3 is 5.97 Å². The molecule has 3 N–H and O–H groups in total. The molecule has 8 heteroatoms. The van der Waals surface area contributed by atoms with E-state index in [4.69, 9.17) is 5.11 Å². The van der Waals surface area contributed by atoms with E-state index in [0.717, 1.165) is 18.5 Å². The smallest absolute Gasteiger partial charge is 0.322 e. The van der Waals surface area contributed by atoms with Crippen LogP contribution in [-0.2, 0) is 9.59 Å². The number of amides is 3. The molecule has 0 radical (unpaired) electrons. The highest BCUT2D eigenvalue weighted by molar-refractivity contribution is 6.05. The SMILES string of the molecule is O=C(O)CNC(=O)c1ccc(NC(=O)c2ccc(N3CCCCC3=O)cc2)cc1. The second-order valence-electron chi connectivity index (χ2n) is 6.66. The maximum Gasteiger partial charge on any atom is 0.322 e. The van der Waals surface area contributed by atoms with Crippen LogP contribution in [0.2, 0.25) is 0 Å². The minimum Gasteiger partial charge on any atom is -0.480 e. The van der Waals surface area contributed by atoms with Gasteiger partial charge in [0.2, 0.25) is 5.91 Å². The highest BCUT2D eigenvalue weighted by Gasteiger charge is 2.19. The Hall–Kier alpha value is -3.68. The van der Waals surface area contributed by atoms with E-state index in [2.05, 4.69) is 10.6 Å². The zero-order valence-corrected chi connectivity index (χ0v) is 15.7. The summed E-state index contributed by atoms with van der Waals surface area (Å²) in [5.74, 6) is -1.85. The number of rotatable bonds is 6. The van der Waals surface area contributed by atoms with Crippen LogP contribution in [0.15, 0.2) is 48.5 Å². The summed E-state index contributed by atoms with van der Waals surface area (Å²) in [7, 11) is 0. The summed E-state index contributed by atoms with van der Waals surface area (Å²) in [6, 6.07) is 13.0. The van der Waals surface area contributed by atoms with E-state index < -0.39 is 18.4 Å². The number of benzene rings is 2. The number of carboxylic acids is 1. The van der Waals surface area contributed by atoms with Gasteiger partial charge in [0.25, 0.3) is 11.8 Å². The third-order valence-corrected chi connectivity index (χ3v) is 4.57. The monoisotopic (exact) mass is 395 g/mol. The molecule has 0 saturated carbocycles. The van der Waals surface area contributed by atoms with Crippen molar-refractivity contribution in [1.82, 2.24) is 5.32 Å². The molecule has 1 heterocycles. The largest absolute Gasteiger partial charge is 0.480 e. The predicted molar refractivity (Wildman–Crippen MR) is 107 cm³/mol. The summed E-state index contributed by atoms with van der Waals surface area (Å²) in [4.78, 5) is 48.4. The first-order valence-corrected chi connectivity index (χ1v) is 9.26. The average Bonchev–Trinajstić information content (AvgIpc) is 2.73. The molecule has 150 valence electrons. The molecule has 3 amide bonds. The highest BCUT2D eigenvalue weighted by Crippen LogP contribution is 2.21. The van der Waals surface area contributed by atoms with E-state index >= 15 is 0 Å². The van der Waals surface area contributed by atoms with Crippen molar-refractivity contribution in [3.05, 3.63) is 59.7 Å². The van der Waals surface area contributed by atoms with E-state index in [9.17, 15) is 19.2 Å². The molecule has 8 nitrogen and oxygen atoms in total. The van der Waals surface area contributed by atoms with Crippen LogP contribution in [0, 0.1) is 0 Å². The number of hydrogen-bond donors (Lipinski definition) is 3. The Bertz CT molecular complexity index is 922. The highest BCUT2D eigenvalue weighted by atomic mass is 16.4. The van der Waals surface area contributed by atoms with E-state index in [0.29, 0.717) is 29.8 Å². The third-order valence-electron chi connectivity index (χ3n) is 4.57. The van der Waals surface area contributed by atoms with Crippen molar-refractivity contribution >= 4 is 35.1 Å². The normalized spacial score (nSPS) is 13.7. The zero-order chi connectivity index (χ0) is 20.8. The number of hydrogen-bond acceptors (Lipinski definition) is 4. The predicted octanol–water partition coefficient (Wildman–Crippen LogP) is 2.27. The molecule has 0 aromatic heterocycles. The molecular weight excluding hydrogens is 374 g/mol. The maximum atomic E-state index is 12.4. The Morgan fingerprint density at radius 3 is 2.14 bits per heavy atom. The molecule has 1 saturated heterocycles. The van der Waals surface area contributed by atoms with Crippen LogP contribution < -0.4 is 15.5 Å². The lowest BCUT2D eigenvalue weighted by molar-refractivity contribution is -0.135. The second-order valence-corrected chi connectivity index (χ2v) is 6.66. The topological polar surface area (TPSA) is 116 Å². The summed E-state index contributed by atoms with van der Waals surface area (Å²) in [5, 5.41) is 13.6. The summed E-state index contributed by atoms with van der Waals surface area (Å²) < 4.78 is 0. The fraction of sp³-hybridized carbons (Fsp3) is 0.238. The lowest BCUT2D eigenvalue weighted by Gasteiger charge is -2.26. The number of nitrogens with zero attached hydrogens (tertiary/aromatic N) is 1. The molecule has 0 bridgehead atoms. The number of aliphatic carboxylic acids is 1. The molecule has 1 aliphatic rings. The molecule has 1 fully saturated rings. The molecule has 29 heavy (non-hydrogen) atoms. The van der Waals surface area contributed by atoms with E-state index in [1.165, 1.54) is 12.1 Å². The van der Waals surface area contributed by atoms with Gasteiger partial charge in [0, 0.05) is 35.5 Å². The summed E-state index contributed by atoms with van der Waals surface area (Å²) >= 11 is 0. The van der Waals surface area contributed by atoms with Gasteiger partial charge in [-0.2, -0.15) is 0 Å². The number of nitrogens with one attached hydrogen (secondary N) is 2. The molecule has 0 aliphatic carbocycles. The zero-order valence-electron chi connectivity index (χ0n) is 15.7. The third kappa shape index (κ3) is 5.19. The standard InChI is InChI=1S/C21H21N3O5/c25-18-3-1-2-12-24(18)17-10-6-15(7-11-17)21(29)23-16-8-4-14(5-9-16)20(28)22-13-19(26)27/h4-11H,1-3,12-13H2,(H,22,28)(H,23,29)(H,26,27). The van der Waals surface area contributed by atoms with Crippen molar-refractivity contribution in [2.45, 2.75) is 19.3 Å². The number of carbonyl (C=O) groups is 4. The summed E-state index contributed by atoms with van der Waals surface area (Å²) in [6.45, 7) is 0.229. The maximum absolute atomic E-state index is 12.4. The van der Waals surface area contributed by atoms with Gasteiger partial charge in [-0.05, 0) is 61.4 Å². The van der Waals surface area contributed by atoms with Crippen LogP contribution in [0.5, 0.6) is 0 Å². The van der Waals surface area contributed by atoms with E-state index in [1.807, 2.05) is 0 Å². The Balaban J connectivity index is 1.60. The Morgan fingerprint density at radius 2 is 1.52 bits per heavy atom. The number of anilines is 2. The number of carbonyl (C=O) groups excluding carboxylic acids is 3. The lowest BCUT2D eigenvalue weighted by atomic mass is 10.1. The first kappa shape index (κ1) is 20.1. The Morgan fingerprint density at radius 1 is 0.897 bits per heavy atom. The van der Waals surface area contributed by atoms with Gasteiger partial charge in [0.05, 0.1) is 0 Å². The molecule has 0 spiro atoms. The van der Waals surface area contributed by atoms with Gasteiger partial charge in [0.15, 0.2) is 0 Å². The van der Waals surface area contributed by atoms with Gasteiger partial charge in [-0.1, -0.05) is 0 Å². The first-order valence-electron chi connectivity index (χ1n) is 9.26. The summed E-state index contributed by atoms with van der Waals surface area (Å²) in [6.07, 6.45) is 2.43.